The highest BCUT2D eigenvalue weighted by atomic mass is 79.9. The van der Waals surface area contributed by atoms with E-state index >= 15 is 0 Å². The third-order valence-corrected chi connectivity index (χ3v) is 3.34. The number of nitrogens with zero attached hydrogens (tertiary/aromatic N) is 1. The number of rotatable bonds is 6. The summed E-state index contributed by atoms with van der Waals surface area (Å²) >= 11 is 9.47. The molecule has 0 amide bonds. The summed E-state index contributed by atoms with van der Waals surface area (Å²) in [6.45, 7) is 4.03. The Morgan fingerprint density at radius 3 is 2.76 bits per heavy atom. The zero-order valence-corrected chi connectivity index (χ0v) is 12.0. The van der Waals surface area contributed by atoms with Crippen molar-refractivity contribution in [2.24, 2.45) is 0 Å². The van der Waals surface area contributed by atoms with Gasteiger partial charge in [-0.1, -0.05) is 40.5 Å². The standard InChI is InChI=1S/C12H15BrClNO2/c1-2-15(6-5-12(16)17)8-9-3-4-10(13)7-11(9)14/h3-4,7H,2,5-6,8H2,1H3,(H,16,17). The van der Waals surface area contributed by atoms with Crippen molar-refractivity contribution < 1.29 is 9.90 Å². The SMILES string of the molecule is CCN(CCC(=O)O)Cc1ccc(Br)cc1Cl. The molecule has 0 aliphatic carbocycles. The predicted molar refractivity (Wildman–Crippen MR) is 72.4 cm³/mol. The smallest absolute Gasteiger partial charge is 0.304 e. The average Bonchev–Trinajstić information content (AvgIpc) is 2.26. The van der Waals surface area contributed by atoms with Gasteiger partial charge in [0.05, 0.1) is 6.42 Å². The molecular formula is C12H15BrClNO2. The molecule has 1 N–H and O–H groups in total. The molecule has 0 bridgehead atoms. The number of aliphatic carboxylic acids is 1. The van der Waals surface area contributed by atoms with Gasteiger partial charge in [-0.05, 0) is 24.2 Å². The van der Waals surface area contributed by atoms with Crippen LogP contribution in [0.15, 0.2) is 22.7 Å². The first kappa shape index (κ1) is 14.5. The normalized spacial score (nSPS) is 10.8. The molecule has 1 rings (SSSR count). The van der Waals surface area contributed by atoms with Gasteiger partial charge in [0, 0.05) is 22.6 Å². The molecule has 0 radical (unpaired) electrons. The summed E-state index contributed by atoms with van der Waals surface area (Å²) in [5.74, 6) is -0.773. The van der Waals surface area contributed by atoms with Gasteiger partial charge in [0.25, 0.3) is 0 Å². The Kier molecular flexibility index (Phi) is 5.95. The van der Waals surface area contributed by atoms with Crippen LogP contribution in [-0.2, 0) is 11.3 Å². The Balaban J connectivity index is 2.63. The maximum absolute atomic E-state index is 10.5. The molecule has 0 saturated carbocycles. The largest absolute Gasteiger partial charge is 0.481 e. The fourth-order valence-electron chi connectivity index (χ4n) is 1.49. The minimum atomic E-state index is -0.773. The third-order valence-electron chi connectivity index (χ3n) is 2.50. The minimum absolute atomic E-state index is 0.155. The van der Waals surface area contributed by atoms with E-state index in [2.05, 4.69) is 20.8 Å². The summed E-state index contributed by atoms with van der Waals surface area (Å²) in [5, 5.41) is 9.36. The van der Waals surface area contributed by atoms with Gasteiger partial charge in [-0.2, -0.15) is 0 Å². The summed E-state index contributed by atoms with van der Waals surface area (Å²) < 4.78 is 0.944. The topological polar surface area (TPSA) is 40.5 Å². The van der Waals surface area contributed by atoms with Crippen molar-refractivity contribution in [2.75, 3.05) is 13.1 Å². The molecule has 0 heterocycles. The molecule has 94 valence electrons. The molecule has 0 aliphatic rings. The lowest BCUT2D eigenvalue weighted by molar-refractivity contribution is -0.137. The zero-order valence-electron chi connectivity index (χ0n) is 9.62. The van der Waals surface area contributed by atoms with Crippen molar-refractivity contribution in [1.82, 2.24) is 4.90 Å². The van der Waals surface area contributed by atoms with Gasteiger partial charge in [0.1, 0.15) is 0 Å². The zero-order chi connectivity index (χ0) is 12.8. The molecular weight excluding hydrogens is 305 g/mol. The molecule has 1 aromatic carbocycles. The molecule has 1 aromatic rings. The number of carbonyl (C=O) groups is 1. The first-order valence-electron chi connectivity index (χ1n) is 5.41. The highest BCUT2D eigenvalue weighted by Gasteiger charge is 2.08. The van der Waals surface area contributed by atoms with Gasteiger partial charge in [-0.15, -0.1) is 0 Å². The maximum Gasteiger partial charge on any atom is 0.304 e. The Hall–Kier alpha value is -0.580. The van der Waals surface area contributed by atoms with E-state index in [-0.39, 0.29) is 6.42 Å². The molecule has 0 fully saturated rings. The van der Waals surface area contributed by atoms with Crippen LogP contribution in [0.1, 0.15) is 18.9 Å². The number of hydrogen-bond donors (Lipinski definition) is 1. The fraction of sp³-hybridized carbons (Fsp3) is 0.417. The first-order chi connectivity index (χ1) is 8.02. The molecule has 0 spiro atoms. The van der Waals surface area contributed by atoms with E-state index in [9.17, 15) is 4.79 Å². The number of halogens is 2. The second kappa shape index (κ2) is 6.99. The molecule has 0 saturated heterocycles. The molecule has 0 aromatic heterocycles. The maximum atomic E-state index is 10.5. The Labute approximate surface area is 115 Å². The Morgan fingerprint density at radius 2 is 2.24 bits per heavy atom. The van der Waals surface area contributed by atoms with E-state index < -0.39 is 5.97 Å². The second-order valence-electron chi connectivity index (χ2n) is 3.75. The van der Waals surface area contributed by atoms with Crippen molar-refractivity contribution in [3.63, 3.8) is 0 Å². The minimum Gasteiger partial charge on any atom is -0.481 e. The van der Waals surface area contributed by atoms with Crippen LogP contribution in [0.5, 0.6) is 0 Å². The van der Waals surface area contributed by atoms with Gasteiger partial charge < -0.3 is 5.11 Å². The average molecular weight is 321 g/mol. The summed E-state index contributed by atoms with van der Waals surface area (Å²) in [5.41, 5.74) is 1.02. The van der Waals surface area contributed by atoms with Gasteiger partial charge in [0.2, 0.25) is 0 Å². The highest BCUT2D eigenvalue weighted by molar-refractivity contribution is 9.10. The quantitative estimate of drug-likeness (QED) is 0.873. The van der Waals surface area contributed by atoms with Crippen LogP contribution in [0, 0.1) is 0 Å². The van der Waals surface area contributed by atoms with Crippen LogP contribution in [0.2, 0.25) is 5.02 Å². The fourth-order valence-corrected chi connectivity index (χ4v) is 2.23. The highest BCUT2D eigenvalue weighted by Crippen LogP contribution is 2.22. The van der Waals surface area contributed by atoms with Crippen LogP contribution < -0.4 is 0 Å². The first-order valence-corrected chi connectivity index (χ1v) is 6.58. The van der Waals surface area contributed by atoms with Crippen molar-refractivity contribution in [2.45, 2.75) is 19.9 Å². The molecule has 0 atom stereocenters. The van der Waals surface area contributed by atoms with Crippen molar-refractivity contribution in [3.05, 3.63) is 33.3 Å². The third kappa shape index (κ3) is 5.06. The molecule has 17 heavy (non-hydrogen) atoms. The lowest BCUT2D eigenvalue weighted by Gasteiger charge is -2.20. The van der Waals surface area contributed by atoms with E-state index in [4.69, 9.17) is 16.7 Å². The van der Waals surface area contributed by atoms with Crippen LogP contribution >= 0.6 is 27.5 Å². The number of benzene rings is 1. The number of carboxylic acid groups (broad SMARTS) is 1. The van der Waals surface area contributed by atoms with E-state index in [0.717, 1.165) is 16.6 Å². The summed E-state index contributed by atoms with van der Waals surface area (Å²) in [7, 11) is 0. The Bertz CT molecular complexity index is 398. The van der Waals surface area contributed by atoms with E-state index in [1.807, 2.05) is 25.1 Å². The van der Waals surface area contributed by atoms with Gasteiger partial charge >= 0.3 is 5.97 Å². The lowest BCUT2D eigenvalue weighted by atomic mass is 10.2. The van der Waals surface area contributed by atoms with Gasteiger partial charge in [-0.3, -0.25) is 9.69 Å². The number of hydrogen-bond acceptors (Lipinski definition) is 2. The molecule has 0 unspecified atom stereocenters. The summed E-state index contributed by atoms with van der Waals surface area (Å²) in [6.07, 6.45) is 0.155. The van der Waals surface area contributed by atoms with Crippen molar-refractivity contribution >= 4 is 33.5 Å². The molecule has 0 aliphatic heterocycles. The van der Waals surface area contributed by atoms with Gasteiger partial charge in [-0.25, -0.2) is 0 Å². The summed E-state index contributed by atoms with van der Waals surface area (Å²) in [6, 6.07) is 5.74. The number of carboxylic acids is 1. The van der Waals surface area contributed by atoms with Crippen LogP contribution in [0.3, 0.4) is 0 Å². The van der Waals surface area contributed by atoms with Gasteiger partial charge in [0.15, 0.2) is 0 Å². The van der Waals surface area contributed by atoms with Crippen molar-refractivity contribution in [1.29, 1.82) is 0 Å². The van der Waals surface area contributed by atoms with E-state index in [1.165, 1.54) is 0 Å². The molecule has 5 heteroatoms. The lowest BCUT2D eigenvalue weighted by Crippen LogP contribution is -2.25. The van der Waals surface area contributed by atoms with Crippen LogP contribution in [-0.4, -0.2) is 29.1 Å². The molecule has 3 nitrogen and oxygen atoms in total. The van der Waals surface area contributed by atoms with E-state index in [1.54, 1.807) is 0 Å². The van der Waals surface area contributed by atoms with Crippen LogP contribution in [0.25, 0.3) is 0 Å². The van der Waals surface area contributed by atoms with E-state index in [0.29, 0.717) is 18.1 Å². The second-order valence-corrected chi connectivity index (χ2v) is 5.07. The van der Waals surface area contributed by atoms with Crippen molar-refractivity contribution in [3.8, 4) is 0 Å². The monoisotopic (exact) mass is 319 g/mol. The summed E-state index contributed by atoms with van der Waals surface area (Å²) in [4.78, 5) is 12.6. The van der Waals surface area contributed by atoms with Crippen LogP contribution in [0.4, 0.5) is 0 Å². The predicted octanol–water partition coefficient (Wildman–Crippen LogP) is 3.40. The Morgan fingerprint density at radius 1 is 1.53 bits per heavy atom.